The van der Waals surface area contributed by atoms with Gasteiger partial charge in [-0.2, -0.15) is 10.2 Å². The Labute approximate surface area is 291 Å². The van der Waals surface area contributed by atoms with Crippen LogP contribution in [0, 0.1) is 11.8 Å². The fourth-order valence-corrected chi connectivity index (χ4v) is 6.55. The summed E-state index contributed by atoms with van der Waals surface area (Å²) in [5, 5.41) is 16.3. The molecule has 2 atom stereocenters. The van der Waals surface area contributed by atoms with Crippen molar-refractivity contribution in [2.75, 3.05) is 58.8 Å². The van der Waals surface area contributed by atoms with Crippen LogP contribution in [0.1, 0.15) is 45.4 Å². The van der Waals surface area contributed by atoms with Gasteiger partial charge in [0.2, 0.25) is 11.9 Å². The van der Waals surface area contributed by atoms with E-state index < -0.39 is 0 Å². The third kappa shape index (κ3) is 7.86. The van der Waals surface area contributed by atoms with E-state index in [1.54, 1.807) is 29.9 Å². The number of aromatic nitrogens is 6. The molecule has 49 heavy (non-hydrogen) atoms. The Balaban J connectivity index is 0.00000486. The number of nitrogens with one attached hydrogen (secondary N) is 2. The molecule has 0 saturated carbocycles. The Bertz CT molecular complexity index is 1780. The molecule has 1 saturated heterocycles. The number of anilines is 2. The summed E-state index contributed by atoms with van der Waals surface area (Å²) < 4.78 is 9.10. The summed E-state index contributed by atoms with van der Waals surface area (Å²) >= 11 is 0. The topological polar surface area (TPSA) is 118 Å². The van der Waals surface area contributed by atoms with Crippen LogP contribution in [0.15, 0.2) is 48.9 Å². The van der Waals surface area contributed by atoms with Crippen LogP contribution in [0.4, 0.5) is 11.8 Å². The van der Waals surface area contributed by atoms with E-state index in [-0.39, 0.29) is 13.9 Å². The molecule has 3 aromatic heterocycles. The number of carbonyl (C=O) groups excluding carboxylic acids is 1. The summed E-state index contributed by atoms with van der Waals surface area (Å²) in [6.45, 7) is 12.7. The Morgan fingerprint density at radius 2 is 1.88 bits per heavy atom. The summed E-state index contributed by atoms with van der Waals surface area (Å²) in [5.41, 5.74) is 8.79. The van der Waals surface area contributed by atoms with E-state index in [0.717, 1.165) is 92.4 Å². The number of amides is 1. The van der Waals surface area contributed by atoms with Gasteiger partial charge >= 0.3 is 0 Å². The van der Waals surface area contributed by atoms with E-state index in [2.05, 4.69) is 76.9 Å². The first-order chi connectivity index (χ1) is 23.7. The Morgan fingerprint density at radius 1 is 1.10 bits per heavy atom. The lowest BCUT2D eigenvalue weighted by Gasteiger charge is -2.27. The minimum atomic E-state index is -0.0298. The second-order valence-corrected chi connectivity index (χ2v) is 13.4. The Kier molecular flexibility index (Phi) is 10.7. The molecule has 1 aliphatic carbocycles. The number of allylic oxidation sites excluding steroid dienone is 1. The van der Waals surface area contributed by atoms with Crippen molar-refractivity contribution in [3.05, 3.63) is 65.7 Å². The van der Waals surface area contributed by atoms with Gasteiger partial charge in [0, 0.05) is 84.5 Å². The number of ether oxygens (including phenoxy) is 1. The Hall–Kier alpha value is -4.55. The minimum Gasteiger partial charge on any atom is -0.389 e. The maximum atomic E-state index is 12.1. The molecule has 2 N–H and O–H groups in total. The molecule has 1 aromatic carbocycles. The number of morpholine rings is 1. The lowest BCUT2D eigenvalue weighted by Crippen LogP contribution is -2.39. The molecule has 12 heteroatoms. The van der Waals surface area contributed by atoms with E-state index in [1.807, 2.05) is 24.0 Å². The van der Waals surface area contributed by atoms with Crippen molar-refractivity contribution in [2.45, 2.75) is 46.6 Å². The van der Waals surface area contributed by atoms with Crippen LogP contribution in [-0.2, 0) is 36.0 Å². The molecule has 4 heterocycles. The standard InChI is InChI=1S/C37H50N10O2.H2/c1-7-25(2)26(3)30(23-38-15-17-46-18-20-49-21-19-46)27-8-10-28(11-9-27)36-34-31(42-45(36)6)13-12-29-22-39-37(41-35(29)34)40-32-14-16-47(43-32)24-33(48)44(4)5;/h8-11,14,16,22-23,25-26,38H,7,12-13,15,17-21,24H2,1-6H3,(H,39,40,41,43);1H/b30-23+;. The van der Waals surface area contributed by atoms with Crippen LogP contribution in [0.2, 0.25) is 0 Å². The van der Waals surface area contributed by atoms with Crippen LogP contribution >= 0.6 is 0 Å². The van der Waals surface area contributed by atoms with Gasteiger partial charge in [-0.25, -0.2) is 9.97 Å². The van der Waals surface area contributed by atoms with Gasteiger partial charge < -0.3 is 20.3 Å². The second-order valence-electron chi connectivity index (χ2n) is 13.4. The summed E-state index contributed by atoms with van der Waals surface area (Å²) in [6.07, 6.45) is 8.71. The number of hydrogen-bond acceptors (Lipinski definition) is 9. The van der Waals surface area contributed by atoms with E-state index in [1.165, 1.54) is 11.1 Å². The third-order valence-electron chi connectivity index (χ3n) is 9.94. The van der Waals surface area contributed by atoms with Crippen molar-refractivity contribution in [3.63, 3.8) is 0 Å². The van der Waals surface area contributed by atoms with E-state index >= 15 is 0 Å². The number of nitrogens with zero attached hydrogens (tertiary/aromatic N) is 8. The summed E-state index contributed by atoms with van der Waals surface area (Å²) in [7, 11) is 5.48. The van der Waals surface area contributed by atoms with Crippen molar-refractivity contribution in [2.24, 2.45) is 18.9 Å². The van der Waals surface area contributed by atoms with Gasteiger partial charge in [0.15, 0.2) is 5.82 Å². The van der Waals surface area contributed by atoms with Gasteiger partial charge in [-0.05, 0) is 41.4 Å². The fourth-order valence-electron chi connectivity index (χ4n) is 6.55. The fraction of sp³-hybridized carbons (Fsp3) is 0.486. The number of rotatable bonds is 13. The molecule has 1 fully saturated rings. The monoisotopic (exact) mass is 668 g/mol. The molecule has 2 aliphatic rings. The molecule has 4 aromatic rings. The minimum absolute atomic E-state index is 0. The summed E-state index contributed by atoms with van der Waals surface area (Å²) in [5.74, 6) is 1.97. The van der Waals surface area contributed by atoms with Gasteiger partial charge in [-0.3, -0.25) is 19.1 Å². The molecule has 1 amide bonds. The summed E-state index contributed by atoms with van der Waals surface area (Å²) in [4.78, 5) is 25.7. The number of benzene rings is 1. The van der Waals surface area contributed by atoms with Crippen molar-refractivity contribution >= 4 is 23.2 Å². The number of likely N-dealkylation sites (N-methyl/N-ethyl adjacent to an activating group) is 1. The lowest BCUT2D eigenvalue weighted by atomic mass is 9.83. The summed E-state index contributed by atoms with van der Waals surface area (Å²) in [6, 6.07) is 10.7. The van der Waals surface area contributed by atoms with Crippen LogP contribution < -0.4 is 10.6 Å². The Morgan fingerprint density at radius 3 is 2.61 bits per heavy atom. The first kappa shape index (κ1) is 34.3. The number of fused-ring (bicyclic) bond motifs is 3. The lowest BCUT2D eigenvalue weighted by molar-refractivity contribution is -0.129. The molecule has 262 valence electrons. The first-order valence-corrected chi connectivity index (χ1v) is 17.5. The first-order valence-electron chi connectivity index (χ1n) is 17.5. The van der Waals surface area contributed by atoms with Gasteiger partial charge in [-0.1, -0.05) is 51.5 Å². The number of hydrogen-bond donors (Lipinski definition) is 2. The number of carbonyl (C=O) groups is 1. The highest BCUT2D eigenvalue weighted by molar-refractivity contribution is 5.85. The average molecular weight is 669 g/mol. The van der Waals surface area contributed by atoms with Gasteiger partial charge in [0.1, 0.15) is 6.54 Å². The molecule has 12 nitrogen and oxygen atoms in total. The van der Waals surface area contributed by atoms with Crippen molar-refractivity contribution in [3.8, 4) is 22.5 Å². The zero-order chi connectivity index (χ0) is 34.5. The van der Waals surface area contributed by atoms with Crippen LogP contribution in [0.5, 0.6) is 0 Å². The van der Waals surface area contributed by atoms with Crippen molar-refractivity contribution < 1.29 is 11.0 Å². The molecule has 1 aliphatic heterocycles. The van der Waals surface area contributed by atoms with Gasteiger partial charge in [0.25, 0.3) is 0 Å². The van der Waals surface area contributed by atoms with Crippen molar-refractivity contribution in [1.29, 1.82) is 0 Å². The maximum absolute atomic E-state index is 12.1. The largest absolute Gasteiger partial charge is 0.389 e. The van der Waals surface area contributed by atoms with Crippen molar-refractivity contribution in [1.82, 2.24) is 44.6 Å². The third-order valence-corrected chi connectivity index (χ3v) is 9.94. The quantitative estimate of drug-likeness (QED) is 0.193. The molecule has 6 rings (SSSR count). The van der Waals surface area contributed by atoms with Gasteiger partial charge in [-0.15, -0.1) is 0 Å². The molecule has 0 spiro atoms. The van der Waals surface area contributed by atoms with E-state index in [9.17, 15) is 4.79 Å². The zero-order valence-corrected chi connectivity index (χ0v) is 29.7. The molecule has 2 unspecified atom stereocenters. The van der Waals surface area contributed by atoms with E-state index in [4.69, 9.17) is 14.8 Å². The normalized spacial score (nSPS) is 16.1. The maximum Gasteiger partial charge on any atom is 0.243 e. The van der Waals surface area contributed by atoms with Crippen LogP contribution in [0.25, 0.3) is 28.1 Å². The van der Waals surface area contributed by atoms with Gasteiger partial charge in [0.05, 0.1) is 30.3 Å². The smallest absolute Gasteiger partial charge is 0.243 e. The highest BCUT2D eigenvalue weighted by Gasteiger charge is 2.27. The highest BCUT2D eigenvalue weighted by Crippen LogP contribution is 2.40. The van der Waals surface area contributed by atoms with Crippen LogP contribution in [0.3, 0.4) is 0 Å². The second kappa shape index (κ2) is 15.3. The predicted octanol–water partition coefficient (Wildman–Crippen LogP) is 4.86. The van der Waals surface area contributed by atoms with E-state index in [0.29, 0.717) is 23.6 Å². The molecular weight excluding hydrogens is 616 g/mol. The molecule has 0 bridgehead atoms. The predicted molar refractivity (Wildman–Crippen MR) is 195 cm³/mol. The van der Waals surface area contributed by atoms with Crippen LogP contribution in [-0.4, -0.2) is 98.7 Å². The SMILES string of the molecule is CCC(C)C(C)/C(=C\NCCN1CCOCC1)c1ccc(-c2c3c(nn2C)CCc2cnc(Nc4ccn(CC(=O)N(C)C)n4)nc2-3)cc1.[HH]. The zero-order valence-electron chi connectivity index (χ0n) is 29.7. The number of aryl methyl sites for hydroxylation is 3. The highest BCUT2D eigenvalue weighted by atomic mass is 16.5. The molecule has 0 radical (unpaired) electrons. The average Bonchev–Trinajstić information content (AvgIpc) is 3.70. The molecular formula is C37H52N10O2.